The summed E-state index contributed by atoms with van der Waals surface area (Å²) in [6.07, 6.45) is 7.65. The molecule has 0 aromatic rings. The lowest BCUT2D eigenvalue weighted by Crippen LogP contribution is -2.61. The van der Waals surface area contributed by atoms with E-state index < -0.39 is 5.97 Å². The second kappa shape index (κ2) is 11.7. The number of aliphatic carboxylic acids is 1. The van der Waals surface area contributed by atoms with Crippen molar-refractivity contribution in [3.63, 3.8) is 0 Å². The number of rotatable bonds is 11. The monoisotopic (exact) mass is 508 g/mol. The molecule has 2 heterocycles. The van der Waals surface area contributed by atoms with Gasteiger partial charge in [0, 0.05) is 30.6 Å². The Morgan fingerprint density at radius 3 is 1.83 bits per heavy atom. The molecule has 1 N–H and O–H groups in total. The fourth-order valence-electron chi connectivity index (χ4n) is 6.32. The molecular weight excluding hydrogens is 452 g/mol. The van der Waals surface area contributed by atoms with Crippen molar-refractivity contribution in [3.05, 3.63) is 0 Å². The molecule has 2 aliphatic heterocycles. The minimum absolute atomic E-state index is 0.0105. The van der Waals surface area contributed by atoms with Crippen LogP contribution < -0.4 is 0 Å². The summed E-state index contributed by atoms with van der Waals surface area (Å²) in [6, 6.07) is 0. The van der Waals surface area contributed by atoms with Crippen molar-refractivity contribution < 1.29 is 19.4 Å². The summed E-state index contributed by atoms with van der Waals surface area (Å²) in [4.78, 5) is 29.3. The number of carboxylic acid groups (broad SMARTS) is 1. The first-order chi connectivity index (χ1) is 16.4. The molecule has 36 heavy (non-hydrogen) atoms. The Kier molecular flexibility index (Phi) is 10.1. The number of carboxylic acids is 1. The Bertz CT molecular complexity index is 758. The Morgan fingerprint density at radius 1 is 0.806 bits per heavy atom. The van der Waals surface area contributed by atoms with Gasteiger partial charge in [-0.2, -0.15) is 0 Å². The van der Waals surface area contributed by atoms with Gasteiger partial charge in [0.2, 0.25) is 0 Å². The molecule has 2 fully saturated rings. The number of hydrogen-bond donors (Lipinski definition) is 1. The highest BCUT2D eigenvalue weighted by molar-refractivity contribution is 5.73. The average molecular weight is 509 g/mol. The van der Waals surface area contributed by atoms with Crippen LogP contribution in [-0.4, -0.2) is 71.2 Å². The van der Waals surface area contributed by atoms with Gasteiger partial charge >= 0.3 is 11.9 Å². The SMILES string of the molecule is CN1CC(OC(=O)C(CCCCCCCC(=O)O)C2CN(C)C(C)(C)C(C)(C)C2)CC(C)(C)C1(C)C. The van der Waals surface area contributed by atoms with E-state index >= 15 is 0 Å². The third kappa shape index (κ3) is 7.03. The zero-order chi connectivity index (χ0) is 27.5. The fraction of sp³-hybridized carbons (Fsp3) is 0.933. The average Bonchev–Trinajstić information content (AvgIpc) is 2.72. The third-order valence-electron chi connectivity index (χ3n) is 10.8. The van der Waals surface area contributed by atoms with Gasteiger partial charge < -0.3 is 14.7 Å². The summed E-state index contributed by atoms with van der Waals surface area (Å²) in [7, 11) is 4.34. The van der Waals surface area contributed by atoms with Gasteiger partial charge in [-0.05, 0) is 84.2 Å². The summed E-state index contributed by atoms with van der Waals surface area (Å²) < 4.78 is 6.32. The smallest absolute Gasteiger partial charge is 0.309 e. The van der Waals surface area contributed by atoms with Gasteiger partial charge in [0.15, 0.2) is 0 Å². The molecule has 0 spiro atoms. The molecule has 2 saturated heterocycles. The van der Waals surface area contributed by atoms with Crippen LogP contribution in [0.1, 0.15) is 113 Å². The molecule has 6 heteroatoms. The van der Waals surface area contributed by atoms with Crippen molar-refractivity contribution >= 4 is 11.9 Å². The Hall–Kier alpha value is -1.14. The van der Waals surface area contributed by atoms with E-state index in [2.05, 4.69) is 79.3 Å². The highest BCUT2D eigenvalue weighted by Gasteiger charge is 2.50. The fourth-order valence-corrected chi connectivity index (χ4v) is 6.32. The first-order valence-electron chi connectivity index (χ1n) is 14.3. The second-order valence-electron chi connectivity index (χ2n) is 14.2. The van der Waals surface area contributed by atoms with Crippen molar-refractivity contribution in [2.45, 2.75) is 130 Å². The number of unbranched alkanes of at least 4 members (excludes halogenated alkanes) is 4. The molecular formula is C30H56N2O4. The summed E-state index contributed by atoms with van der Waals surface area (Å²) in [5, 5.41) is 8.85. The molecule has 0 amide bonds. The van der Waals surface area contributed by atoms with Crippen LogP contribution in [0.25, 0.3) is 0 Å². The molecule has 6 nitrogen and oxygen atoms in total. The molecule has 0 aromatic heterocycles. The number of ether oxygens (including phenoxy) is 1. The van der Waals surface area contributed by atoms with Gasteiger partial charge in [0.1, 0.15) is 6.10 Å². The highest BCUT2D eigenvalue weighted by atomic mass is 16.5. The third-order valence-corrected chi connectivity index (χ3v) is 10.8. The van der Waals surface area contributed by atoms with Crippen molar-refractivity contribution in [1.82, 2.24) is 9.80 Å². The number of carbonyl (C=O) groups excluding carboxylic acids is 1. The summed E-state index contributed by atoms with van der Waals surface area (Å²) >= 11 is 0. The summed E-state index contributed by atoms with van der Waals surface area (Å²) in [5.74, 6) is -0.540. The lowest BCUT2D eigenvalue weighted by Gasteiger charge is -2.56. The van der Waals surface area contributed by atoms with Gasteiger partial charge in [-0.3, -0.25) is 14.5 Å². The van der Waals surface area contributed by atoms with Crippen LogP contribution in [0, 0.1) is 22.7 Å². The van der Waals surface area contributed by atoms with Crippen LogP contribution in [0.15, 0.2) is 0 Å². The number of piperidine rings is 2. The van der Waals surface area contributed by atoms with E-state index in [-0.39, 0.29) is 52.2 Å². The predicted molar refractivity (Wildman–Crippen MR) is 147 cm³/mol. The summed E-state index contributed by atoms with van der Waals surface area (Å²) in [5.41, 5.74) is 0.270. The molecule has 0 saturated carbocycles. The van der Waals surface area contributed by atoms with Crippen LogP contribution in [-0.2, 0) is 14.3 Å². The molecule has 210 valence electrons. The number of likely N-dealkylation sites (tertiary alicyclic amines) is 2. The number of likely N-dealkylation sites (N-methyl/N-ethyl adjacent to an activating group) is 1. The van der Waals surface area contributed by atoms with E-state index in [0.29, 0.717) is 0 Å². The topological polar surface area (TPSA) is 70.1 Å². The van der Waals surface area contributed by atoms with Crippen molar-refractivity contribution in [2.75, 3.05) is 27.2 Å². The van der Waals surface area contributed by atoms with E-state index in [4.69, 9.17) is 9.84 Å². The van der Waals surface area contributed by atoms with Crippen molar-refractivity contribution in [2.24, 2.45) is 22.7 Å². The molecule has 0 aliphatic carbocycles. The maximum absolute atomic E-state index is 13.8. The molecule has 0 radical (unpaired) electrons. The maximum Gasteiger partial charge on any atom is 0.309 e. The first kappa shape index (κ1) is 31.1. The molecule has 0 aromatic carbocycles. The largest absolute Gasteiger partial charge is 0.481 e. The second-order valence-corrected chi connectivity index (χ2v) is 14.2. The van der Waals surface area contributed by atoms with Gasteiger partial charge in [0.25, 0.3) is 0 Å². The van der Waals surface area contributed by atoms with E-state index in [0.717, 1.165) is 64.5 Å². The van der Waals surface area contributed by atoms with Crippen LogP contribution in [0.3, 0.4) is 0 Å². The Labute approximate surface area is 221 Å². The van der Waals surface area contributed by atoms with Gasteiger partial charge in [-0.1, -0.05) is 53.4 Å². The Balaban J connectivity index is 2.09. The lowest BCUT2D eigenvalue weighted by atomic mass is 9.62. The van der Waals surface area contributed by atoms with E-state index in [1.54, 1.807) is 0 Å². The number of hydrogen-bond acceptors (Lipinski definition) is 5. The quantitative estimate of drug-likeness (QED) is 0.264. The Morgan fingerprint density at radius 2 is 1.31 bits per heavy atom. The predicted octanol–water partition coefficient (Wildman–Crippen LogP) is 6.23. The van der Waals surface area contributed by atoms with Crippen LogP contribution >= 0.6 is 0 Å². The van der Waals surface area contributed by atoms with Gasteiger partial charge in [-0.25, -0.2) is 0 Å². The molecule has 3 atom stereocenters. The maximum atomic E-state index is 13.8. The number of carbonyl (C=O) groups is 2. The lowest BCUT2D eigenvalue weighted by molar-refractivity contribution is -0.170. The van der Waals surface area contributed by atoms with Crippen molar-refractivity contribution in [3.8, 4) is 0 Å². The van der Waals surface area contributed by atoms with E-state index in [1.807, 2.05) is 0 Å². The zero-order valence-electron chi connectivity index (χ0n) is 25.1. The van der Waals surface area contributed by atoms with Crippen LogP contribution in [0.5, 0.6) is 0 Å². The first-order valence-corrected chi connectivity index (χ1v) is 14.3. The summed E-state index contributed by atoms with van der Waals surface area (Å²) in [6.45, 7) is 20.1. The van der Waals surface area contributed by atoms with Crippen molar-refractivity contribution in [1.29, 1.82) is 0 Å². The molecule has 0 bridgehead atoms. The van der Waals surface area contributed by atoms with Crippen LogP contribution in [0.4, 0.5) is 0 Å². The normalized spacial score (nSPS) is 28.4. The number of nitrogens with zero attached hydrogens (tertiary/aromatic N) is 2. The van der Waals surface area contributed by atoms with Gasteiger partial charge in [0.05, 0.1) is 5.92 Å². The minimum atomic E-state index is -0.718. The number of esters is 1. The highest BCUT2D eigenvalue weighted by Crippen LogP contribution is 2.48. The van der Waals surface area contributed by atoms with Crippen LogP contribution in [0.2, 0.25) is 0 Å². The van der Waals surface area contributed by atoms with Gasteiger partial charge in [-0.15, -0.1) is 0 Å². The molecule has 2 rings (SSSR count). The minimum Gasteiger partial charge on any atom is -0.481 e. The molecule has 3 unspecified atom stereocenters. The molecule has 2 aliphatic rings. The standard InChI is InChI=1S/C30H56N2O4/c1-27(2)18-22(20-31(9)29(27,5)6)24(16-14-12-11-13-15-17-25(33)34)26(35)36-23-19-28(3,4)30(7,8)32(10)21-23/h22-24H,11-21H2,1-10H3,(H,33,34). The zero-order valence-corrected chi connectivity index (χ0v) is 25.1. The van der Waals surface area contributed by atoms with E-state index in [1.165, 1.54) is 0 Å². The van der Waals surface area contributed by atoms with E-state index in [9.17, 15) is 9.59 Å².